The molecule has 1 N–H and O–H groups in total. The Morgan fingerprint density at radius 3 is 1.52 bits per heavy atom. The summed E-state index contributed by atoms with van der Waals surface area (Å²) in [6.45, 7) is 2.23. The first-order valence-electron chi connectivity index (χ1n) is 8.44. The number of carbonyl (C=O) groups is 1. The zero-order chi connectivity index (χ0) is 16.0. The molecule has 0 fully saturated rings. The molecule has 21 heavy (non-hydrogen) atoms. The van der Waals surface area contributed by atoms with Gasteiger partial charge in [0.25, 0.3) is 10.1 Å². The van der Waals surface area contributed by atoms with Crippen molar-refractivity contribution >= 4 is 16.4 Å². The molecule has 1 atom stereocenters. The fourth-order valence-corrected chi connectivity index (χ4v) is 3.08. The van der Waals surface area contributed by atoms with E-state index in [0.29, 0.717) is 12.7 Å². The molecule has 0 rings (SSSR count). The molecule has 0 radical (unpaired) electrons. The smallest absolute Gasteiger partial charge is 0.274 e. The summed E-state index contributed by atoms with van der Waals surface area (Å²) >= 11 is 0. The second kappa shape index (κ2) is 13.3. The summed E-state index contributed by atoms with van der Waals surface area (Å²) in [5.41, 5.74) is 0. The second-order valence-electron chi connectivity index (χ2n) is 5.87. The van der Waals surface area contributed by atoms with Crippen molar-refractivity contribution in [1.82, 2.24) is 0 Å². The first-order valence-corrected chi connectivity index (χ1v) is 9.94. The van der Waals surface area contributed by atoms with Crippen molar-refractivity contribution in [3.8, 4) is 0 Å². The zero-order valence-electron chi connectivity index (χ0n) is 13.4. The number of hydrogen-bond acceptors (Lipinski definition) is 3. The standard InChI is InChI=1S/C16H32O4S/c1-2-3-4-5-6-7-8-9-10-11-12-13-14-16(15-17)21(18,19)20/h15-16H,2-14H2,1H3,(H,18,19,20). The maximum Gasteiger partial charge on any atom is 0.274 e. The molecule has 0 bridgehead atoms. The molecule has 126 valence electrons. The van der Waals surface area contributed by atoms with Gasteiger partial charge in [-0.25, -0.2) is 0 Å². The van der Waals surface area contributed by atoms with Gasteiger partial charge < -0.3 is 4.79 Å². The molecule has 0 aromatic carbocycles. The summed E-state index contributed by atoms with van der Waals surface area (Å²) in [5.74, 6) is 0. The Kier molecular flexibility index (Phi) is 13.0. The van der Waals surface area contributed by atoms with Crippen molar-refractivity contribution in [2.75, 3.05) is 0 Å². The lowest BCUT2D eigenvalue weighted by atomic mass is 10.0. The Morgan fingerprint density at radius 1 is 0.810 bits per heavy atom. The van der Waals surface area contributed by atoms with Gasteiger partial charge in [0, 0.05) is 0 Å². The Bertz CT molecular complexity index is 338. The number of hydrogen-bond donors (Lipinski definition) is 1. The molecule has 0 saturated carbocycles. The second-order valence-corrected chi connectivity index (χ2v) is 7.50. The highest BCUT2D eigenvalue weighted by molar-refractivity contribution is 7.87. The predicted octanol–water partition coefficient (Wildman–Crippen LogP) is 4.53. The molecular weight excluding hydrogens is 288 g/mol. The molecular formula is C16H32O4S. The summed E-state index contributed by atoms with van der Waals surface area (Å²) in [6, 6.07) is 0. The predicted molar refractivity (Wildman–Crippen MR) is 87.1 cm³/mol. The van der Waals surface area contributed by atoms with Crippen LogP contribution in [0.25, 0.3) is 0 Å². The van der Waals surface area contributed by atoms with Crippen LogP contribution in [0.15, 0.2) is 0 Å². The van der Waals surface area contributed by atoms with E-state index in [1.807, 2.05) is 0 Å². The molecule has 0 amide bonds. The van der Waals surface area contributed by atoms with Crippen LogP contribution in [0, 0.1) is 0 Å². The van der Waals surface area contributed by atoms with Crippen molar-refractivity contribution in [1.29, 1.82) is 0 Å². The molecule has 5 heteroatoms. The minimum absolute atomic E-state index is 0.236. The van der Waals surface area contributed by atoms with E-state index < -0.39 is 15.4 Å². The van der Waals surface area contributed by atoms with Gasteiger partial charge in [-0.2, -0.15) is 8.42 Å². The van der Waals surface area contributed by atoms with Gasteiger partial charge >= 0.3 is 0 Å². The molecule has 0 aliphatic heterocycles. The van der Waals surface area contributed by atoms with Crippen molar-refractivity contribution < 1.29 is 17.8 Å². The summed E-state index contributed by atoms with van der Waals surface area (Å²) in [4.78, 5) is 10.5. The van der Waals surface area contributed by atoms with E-state index in [-0.39, 0.29) is 6.42 Å². The van der Waals surface area contributed by atoms with Crippen LogP contribution < -0.4 is 0 Å². The average Bonchev–Trinajstić information content (AvgIpc) is 2.42. The fraction of sp³-hybridized carbons (Fsp3) is 0.938. The van der Waals surface area contributed by atoms with Crippen LogP contribution in [-0.4, -0.2) is 24.5 Å². The van der Waals surface area contributed by atoms with Crippen LogP contribution in [0.4, 0.5) is 0 Å². The lowest BCUT2D eigenvalue weighted by molar-refractivity contribution is -0.107. The van der Waals surface area contributed by atoms with Gasteiger partial charge in [0.05, 0.1) is 0 Å². The Hall–Kier alpha value is -0.420. The molecule has 0 aromatic heterocycles. The van der Waals surface area contributed by atoms with Crippen LogP contribution >= 0.6 is 0 Å². The van der Waals surface area contributed by atoms with E-state index in [9.17, 15) is 13.2 Å². The first kappa shape index (κ1) is 20.6. The van der Waals surface area contributed by atoms with Crippen molar-refractivity contribution in [2.24, 2.45) is 0 Å². The Balaban J connectivity index is 3.31. The van der Waals surface area contributed by atoms with E-state index in [4.69, 9.17) is 4.55 Å². The van der Waals surface area contributed by atoms with E-state index in [1.165, 1.54) is 57.8 Å². The van der Waals surface area contributed by atoms with Crippen molar-refractivity contribution in [3.05, 3.63) is 0 Å². The quantitative estimate of drug-likeness (QED) is 0.273. The van der Waals surface area contributed by atoms with Crippen LogP contribution in [0.3, 0.4) is 0 Å². The molecule has 0 aliphatic carbocycles. The number of unbranched alkanes of at least 4 members (excludes halogenated alkanes) is 11. The summed E-state index contributed by atoms with van der Waals surface area (Å²) in [7, 11) is -4.20. The van der Waals surface area contributed by atoms with Crippen LogP contribution in [0.1, 0.15) is 90.4 Å². The number of aldehydes is 1. The molecule has 0 heterocycles. The van der Waals surface area contributed by atoms with E-state index in [2.05, 4.69) is 6.92 Å². The number of carbonyl (C=O) groups excluding carboxylic acids is 1. The van der Waals surface area contributed by atoms with Crippen molar-refractivity contribution in [2.45, 2.75) is 95.6 Å². The van der Waals surface area contributed by atoms with Gasteiger partial charge in [-0.1, -0.05) is 84.0 Å². The van der Waals surface area contributed by atoms with Crippen LogP contribution in [0.2, 0.25) is 0 Å². The lowest BCUT2D eigenvalue weighted by Gasteiger charge is -2.06. The van der Waals surface area contributed by atoms with Gasteiger partial charge in [-0.3, -0.25) is 4.55 Å². The monoisotopic (exact) mass is 320 g/mol. The van der Waals surface area contributed by atoms with E-state index in [1.54, 1.807) is 0 Å². The highest BCUT2D eigenvalue weighted by Crippen LogP contribution is 2.14. The molecule has 0 aliphatic rings. The highest BCUT2D eigenvalue weighted by Gasteiger charge is 2.21. The average molecular weight is 320 g/mol. The zero-order valence-corrected chi connectivity index (χ0v) is 14.2. The molecule has 4 nitrogen and oxygen atoms in total. The topological polar surface area (TPSA) is 71.4 Å². The third-order valence-electron chi connectivity index (χ3n) is 3.88. The molecule has 0 aromatic rings. The van der Waals surface area contributed by atoms with Crippen molar-refractivity contribution in [3.63, 3.8) is 0 Å². The summed E-state index contributed by atoms with van der Waals surface area (Å²) < 4.78 is 30.4. The minimum Gasteiger partial charge on any atom is -0.302 e. The molecule has 1 unspecified atom stereocenters. The molecule has 0 spiro atoms. The van der Waals surface area contributed by atoms with Gasteiger partial charge in [-0.15, -0.1) is 0 Å². The van der Waals surface area contributed by atoms with Gasteiger partial charge in [0.15, 0.2) is 0 Å². The van der Waals surface area contributed by atoms with Gasteiger partial charge in [0.1, 0.15) is 11.5 Å². The minimum atomic E-state index is -4.20. The Morgan fingerprint density at radius 2 is 1.19 bits per heavy atom. The molecule has 0 saturated heterocycles. The van der Waals surface area contributed by atoms with Crippen LogP contribution in [-0.2, 0) is 14.9 Å². The lowest BCUT2D eigenvalue weighted by Crippen LogP contribution is -2.21. The fourth-order valence-electron chi connectivity index (χ4n) is 2.47. The third kappa shape index (κ3) is 13.0. The van der Waals surface area contributed by atoms with E-state index in [0.717, 1.165) is 12.8 Å². The van der Waals surface area contributed by atoms with E-state index >= 15 is 0 Å². The van der Waals surface area contributed by atoms with Gasteiger partial charge in [0.2, 0.25) is 0 Å². The number of rotatable bonds is 15. The summed E-state index contributed by atoms with van der Waals surface area (Å²) in [6.07, 6.45) is 15.0. The first-order chi connectivity index (χ1) is 10.0. The summed E-state index contributed by atoms with van der Waals surface area (Å²) in [5, 5.41) is -1.24. The maximum absolute atomic E-state index is 10.8. The third-order valence-corrected chi connectivity index (χ3v) is 4.99. The highest BCUT2D eigenvalue weighted by atomic mass is 32.2. The SMILES string of the molecule is CCCCCCCCCCCCCCC(C=O)S(=O)(=O)O. The largest absolute Gasteiger partial charge is 0.302 e. The Labute approximate surface area is 130 Å². The van der Waals surface area contributed by atoms with Crippen LogP contribution in [0.5, 0.6) is 0 Å². The normalized spacial score (nSPS) is 13.2. The van der Waals surface area contributed by atoms with Gasteiger partial charge in [-0.05, 0) is 6.42 Å². The maximum atomic E-state index is 10.8.